The predicted octanol–water partition coefficient (Wildman–Crippen LogP) is 3.25. The van der Waals surface area contributed by atoms with E-state index in [1.165, 1.54) is 0 Å². The number of benzene rings is 1. The Morgan fingerprint density at radius 2 is 1.95 bits per heavy atom. The van der Waals surface area contributed by atoms with Gasteiger partial charge in [-0.25, -0.2) is 0 Å². The van der Waals surface area contributed by atoms with Crippen molar-refractivity contribution in [2.45, 2.75) is 37.7 Å². The lowest BCUT2D eigenvalue weighted by atomic mass is 9.75. The number of halogens is 1. The first-order valence-corrected chi connectivity index (χ1v) is 7.01. The topological polar surface area (TPSA) is 63.4 Å². The number of nitrogens with zero attached hydrogens (tertiary/aromatic N) is 1. The van der Waals surface area contributed by atoms with Crippen molar-refractivity contribution < 1.29 is 10.0 Å². The van der Waals surface area contributed by atoms with Gasteiger partial charge in [-0.3, -0.25) is 10.1 Å². The summed E-state index contributed by atoms with van der Waals surface area (Å²) in [6.07, 6.45) is 3.19. The molecule has 104 valence electrons. The van der Waals surface area contributed by atoms with Gasteiger partial charge in [-0.2, -0.15) is 0 Å². The van der Waals surface area contributed by atoms with Crippen molar-refractivity contribution >= 4 is 11.6 Å². The zero-order valence-electron chi connectivity index (χ0n) is 10.7. The molecular formula is C14H18ClNO3. The number of aliphatic hydroxyl groups excluding tert-OH is 1. The fourth-order valence-electron chi connectivity index (χ4n) is 2.97. The van der Waals surface area contributed by atoms with Crippen LogP contribution in [0.2, 0.25) is 5.02 Å². The van der Waals surface area contributed by atoms with Crippen LogP contribution in [0.3, 0.4) is 0 Å². The molecule has 1 fully saturated rings. The Morgan fingerprint density at radius 3 is 2.53 bits per heavy atom. The Morgan fingerprint density at radius 1 is 1.32 bits per heavy atom. The minimum Gasteiger partial charge on any atom is -0.393 e. The van der Waals surface area contributed by atoms with Crippen molar-refractivity contribution in [3.63, 3.8) is 0 Å². The summed E-state index contributed by atoms with van der Waals surface area (Å²) in [5.41, 5.74) is 0.895. The molecule has 1 aromatic rings. The second kappa shape index (κ2) is 6.35. The fourth-order valence-corrected chi connectivity index (χ4v) is 3.09. The van der Waals surface area contributed by atoms with Gasteiger partial charge in [0.25, 0.3) is 0 Å². The highest BCUT2D eigenvalue weighted by molar-refractivity contribution is 6.30. The zero-order chi connectivity index (χ0) is 13.8. The van der Waals surface area contributed by atoms with E-state index in [1.807, 2.05) is 12.1 Å². The quantitative estimate of drug-likeness (QED) is 0.681. The van der Waals surface area contributed by atoms with Gasteiger partial charge in [0.1, 0.15) is 0 Å². The lowest BCUT2D eigenvalue weighted by Gasteiger charge is -2.32. The van der Waals surface area contributed by atoms with E-state index in [9.17, 15) is 15.2 Å². The normalized spacial score (nSPS) is 24.9. The van der Waals surface area contributed by atoms with Crippen LogP contribution in [-0.4, -0.2) is 22.7 Å². The molecule has 1 aliphatic rings. The van der Waals surface area contributed by atoms with Gasteiger partial charge in [-0.1, -0.05) is 36.6 Å². The lowest BCUT2D eigenvalue weighted by molar-refractivity contribution is -0.485. The summed E-state index contributed by atoms with van der Waals surface area (Å²) in [4.78, 5) is 10.6. The molecule has 1 saturated carbocycles. The van der Waals surface area contributed by atoms with Gasteiger partial charge in [0.05, 0.1) is 12.0 Å². The molecule has 5 heteroatoms. The average Bonchev–Trinajstić information content (AvgIpc) is 2.38. The number of nitro groups is 1. The fraction of sp³-hybridized carbons (Fsp3) is 0.571. The van der Waals surface area contributed by atoms with Gasteiger partial charge in [0.2, 0.25) is 6.54 Å². The summed E-state index contributed by atoms with van der Waals surface area (Å²) in [7, 11) is 0. The molecule has 4 nitrogen and oxygen atoms in total. The van der Waals surface area contributed by atoms with Gasteiger partial charge < -0.3 is 5.11 Å². The third-order valence-electron chi connectivity index (χ3n) is 3.94. The van der Waals surface area contributed by atoms with Gasteiger partial charge in [0, 0.05) is 9.95 Å². The molecule has 0 spiro atoms. The SMILES string of the molecule is O=[N+]([O-])CC(c1ccc(Cl)cc1)[C@@H]1CCCC[C@@H]1O. The second-order valence-electron chi connectivity index (χ2n) is 5.19. The van der Waals surface area contributed by atoms with Gasteiger partial charge in [-0.05, 0) is 36.5 Å². The Hall–Kier alpha value is -1.13. The van der Waals surface area contributed by atoms with E-state index in [4.69, 9.17) is 11.6 Å². The van der Waals surface area contributed by atoms with Crippen LogP contribution in [0, 0.1) is 16.0 Å². The Kier molecular flexibility index (Phi) is 4.77. The van der Waals surface area contributed by atoms with Crippen molar-refractivity contribution in [1.82, 2.24) is 0 Å². The molecule has 1 aliphatic carbocycles. The van der Waals surface area contributed by atoms with Crippen molar-refractivity contribution in [2.24, 2.45) is 5.92 Å². The smallest absolute Gasteiger partial charge is 0.211 e. The maximum Gasteiger partial charge on any atom is 0.211 e. The summed E-state index contributed by atoms with van der Waals surface area (Å²) in [5.74, 6) is -0.261. The van der Waals surface area contributed by atoms with Crippen LogP contribution in [0.25, 0.3) is 0 Å². The highest BCUT2D eigenvalue weighted by Gasteiger charge is 2.34. The summed E-state index contributed by atoms with van der Waals surface area (Å²) < 4.78 is 0. The van der Waals surface area contributed by atoms with Crippen molar-refractivity contribution in [3.8, 4) is 0 Å². The first-order chi connectivity index (χ1) is 9.08. The second-order valence-corrected chi connectivity index (χ2v) is 5.63. The number of hydrogen-bond donors (Lipinski definition) is 1. The predicted molar refractivity (Wildman–Crippen MR) is 74.0 cm³/mol. The monoisotopic (exact) mass is 283 g/mol. The van der Waals surface area contributed by atoms with E-state index in [0.29, 0.717) is 5.02 Å². The Labute approximate surface area is 117 Å². The molecule has 0 saturated heterocycles. The Bertz CT molecular complexity index is 435. The number of rotatable bonds is 4. The molecular weight excluding hydrogens is 266 g/mol. The molecule has 0 amide bonds. The van der Waals surface area contributed by atoms with Crippen LogP contribution in [0.5, 0.6) is 0 Å². The minimum absolute atomic E-state index is 0.0275. The van der Waals surface area contributed by atoms with E-state index in [0.717, 1.165) is 31.2 Å². The summed E-state index contributed by atoms with van der Waals surface area (Å²) in [6.45, 7) is -0.136. The molecule has 0 radical (unpaired) electrons. The Balaban J connectivity index is 2.24. The number of aliphatic hydroxyl groups is 1. The lowest BCUT2D eigenvalue weighted by Crippen LogP contribution is -2.33. The number of hydrogen-bond acceptors (Lipinski definition) is 3. The van der Waals surface area contributed by atoms with Crippen LogP contribution in [-0.2, 0) is 0 Å². The van der Waals surface area contributed by atoms with Crippen LogP contribution in [0.4, 0.5) is 0 Å². The van der Waals surface area contributed by atoms with Crippen molar-refractivity contribution in [3.05, 3.63) is 45.0 Å². The van der Waals surface area contributed by atoms with Crippen molar-refractivity contribution in [1.29, 1.82) is 0 Å². The van der Waals surface area contributed by atoms with E-state index in [1.54, 1.807) is 12.1 Å². The molecule has 0 aromatic heterocycles. The largest absolute Gasteiger partial charge is 0.393 e. The molecule has 0 aliphatic heterocycles. The summed E-state index contributed by atoms with van der Waals surface area (Å²) in [6, 6.07) is 7.16. The molecule has 0 heterocycles. The first-order valence-electron chi connectivity index (χ1n) is 6.63. The van der Waals surface area contributed by atoms with Crippen molar-refractivity contribution in [2.75, 3.05) is 6.54 Å². The molecule has 1 N–H and O–H groups in total. The maximum atomic E-state index is 10.9. The van der Waals surface area contributed by atoms with E-state index < -0.39 is 6.10 Å². The zero-order valence-corrected chi connectivity index (χ0v) is 11.4. The first kappa shape index (κ1) is 14.3. The molecule has 3 atom stereocenters. The molecule has 1 unspecified atom stereocenters. The van der Waals surface area contributed by atoms with Gasteiger partial charge in [0.15, 0.2) is 0 Å². The molecule has 2 rings (SSSR count). The molecule has 19 heavy (non-hydrogen) atoms. The highest BCUT2D eigenvalue weighted by atomic mass is 35.5. The highest BCUT2D eigenvalue weighted by Crippen LogP contribution is 2.36. The third-order valence-corrected chi connectivity index (χ3v) is 4.19. The minimum atomic E-state index is -0.436. The van der Waals surface area contributed by atoms with Gasteiger partial charge in [-0.15, -0.1) is 0 Å². The van der Waals surface area contributed by atoms with Crippen LogP contribution in [0.15, 0.2) is 24.3 Å². The third kappa shape index (κ3) is 3.67. The standard InChI is InChI=1S/C14H18ClNO3/c15-11-7-5-10(6-8-11)13(9-16(18)19)12-3-1-2-4-14(12)17/h5-8,12-14,17H,1-4,9H2/t12-,13?,14-/m0/s1. The van der Waals surface area contributed by atoms with E-state index in [-0.39, 0.29) is 23.3 Å². The maximum absolute atomic E-state index is 10.9. The summed E-state index contributed by atoms with van der Waals surface area (Å²) >= 11 is 5.85. The summed E-state index contributed by atoms with van der Waals surface area (Å²) in [5, 5.41) is 21.6. The average molecular weight is 284 g/mol. The van der Waals surface area contributed by atoms with E-state index in [2.05, 4.69) is 0 Å². The van der Waals surface area contributed by atoms with Crippen LogP contribution >= 0.6 is 11.6 Å². The van der Waals surface area contributed by atoms with Crippen LogP contribution in [0.1, 0.15) is 37.2 Å². The van der Waals surface area contributed by atoms with Crippen LogP contribution < -0.4 is 0 Å². The van der Waals surface area contributed by atoms with E-state index >= 15 is 0 Å². The molecule has 0 bridgehead atoms. The molecule has 1 aromatic carbocycles. The van der Waals surface area contributed by atoms with Gasteiger partial charge >= 0.3 is 0 Å².